The van der Waals surface area contributed by atoms with Crippen LogP contribution in [0.1, 0.15) is 47.3 Å². The molecular formula is C17H24N2O. The van der Waals surface area contributed by atoms with E-state index in [0.717, 1.165) is 16.7 Å². The molecule has 1 aromatic rings. The molecule has 3 heteroatoms. The van der Waals surface area contributed by atoms with E-state index in [1.54, 1.807) is 0 Å². The smallest absolute Gasteiger partial charge is 0.177 e. The summed E-state index contributed by atoms with van der Waals surface area (Å²) >= 11 is 0. The number of rotatable bonds is 6. The van der Waals surface area contributed by atoms with Crippen molar-refractivity contribution in [2.24, 2.45) is 0 Å². The third-order valence-corrected chi connectivity index (χ3v) is 3.54. The maximum atomic E-state index is 12.6. The van der Waals surface area contributed by atoms with Gasteiger partial charge in [-0.05, 0) is 45.7 Å². The zero-order valence-electron chi connectivity index (χ0n) is 13.2. The third kappa shape index (κ3) is 4.18. The Balaban J connectivity index is 2.92. The van der Waals surface area contributed by atoms with E-state index in [-0.39, 0.29) is 11.8 Å². The van der Waals surface area contributed by atoms with Crippen molar-refractivity contribution in [2.75, 3.05) is 13.1 Å². The Hall–Kier alpha value is -1.66. The van der Waals surface area contributed by atoms with Gasteiger partial charge in [0.1, 0.15) is 0 Å². The van der Waals surface area contributed by atoms with Gasteiger partial charge in [0.25, 0.3) is 0 Å². The summed E-state index contributed by atoms with van der Waals surface area (Å²) in [4.78, 5) is 14.6. The van der Waals surface area contributed by atoms with E-state index in [1.165, 1.54) is 5.56 Å². The molecule has 0 aliphatic rings. The molecule has 0 N–H and O–H groups in total. The standard InChI is InChI=1S/C17H24N2O/c1-12(2)19(8-6-7-18)11-16(20)17-14(4)9-13(3)10-15(17)5/h9-10,12H,6,8,11H2,1-5H3. The van der Waals surface area contributed by atoms with Crippen LogP contribution < -0.4 is 0 Å². The first-order valence-corrected chi connectivity index (χ1v) is 7.08. The van der Waals surface area contributed by atoms with E-state index >= 15 is 0 Å². The van der Waals surface area contributed by atoms with Gasteiger partial charge in [0.05, 0.1) is 12.6 Å². The summed E-state index contributed by atoms with van der Waals surface area (Å²) in [7, 11) is 0. The minimum atomic E-state index is 0.145. The van der Waals surface area contributed by atoms with Crippen molar-refractivity contribution >= 4 is 5.78 Å². The number of benzene rings is 1. The third-order valence-electron chi connectivity index (χ3n) is 3.54. The number of aryl methyl sites for hydroxylation is 3. The first kappa shape index (κ1) is 16.4. The first-order chi connectivity index (χ1) is 9.36. The number of carbonyl (C=O) groups is 1. The van der Waals surface area contributed by atoms with Crippen LogP contribution in [0.3, 0.4) is 0 Å². The van der Waals surface area contributed by atoms with Gasteiger partial charge in [0, 0.05) is 24.6 Å². The highest BCUT2D eigenvalue weighted by atomic mass is 16.1. The Labute approximate surface area is 122 Å². The molecule has 0 bridgehead atoms. The summed E-state index contributed by atoms with van der Waals surface area (Å²) in [5, 5.41) is 8.71. The van der Waals surface area contributed by atoms with Gasteiger partial charge in [-0.15, -0.1) is 0 Å². The molecule has 0 fully saturated rings. The summed E-state index contributed by atoms with van der Waals surface area (Å²) in [6, 6.07) is 6.51. The molecule has 20 heavy (non-hydrogen) atoms. The van der Waals surface area contributed by atoms with Crippen LogP contribution in [0, 0.1) is 32.1 Å². The predicted molar refractivity (Wildman–Crippen MR) is 81.9 cm³/mol. The number of ketones is 1. The molecule has 0 unspecified atom stereocenters. The average molecular weight is 272 g/mol. The zero-order valence-corrected chi connectivity index (χ0v) is 13.2. The van der Waals surface area contributed by atoms with Crippen molar-refractivity contribution in [1.29, 1.82) is 5.26 Å². The van der Waals surface area contributed by atoms with Crippen molar-refractivity contribution in [3.8, 4) is 6.07 Å². The van der Waals surface area contributed by atoms with Gasteiger partial charge in [-0.3, -0.25) is 9.69 Å². The Morgan fingerprint density at radius 1 is 1.25 bits per heavy atom. The highest BCUT2D eigenvalue weighted by Gasteiger charge is 2.18. The molecule has 0 saturated carbocycles. The van der Waals surface area contributed by atoms with E-state index in [0.29, 0.717) is 19.5 Å². The molecular weight excluding hydrogens is 248 g/mol. The molecule has 0 radical (unpaired) electrons. The van der Waals surface area contributed by atoms with Crippen LogP contribution >= 0.6 is 0 Å². The number of carbonyl (C=O) groups excluding carboxylic acids is 1. The highest BCUT2D eigenvalue weighted by Crippen LogP contribution is 2.18. The normalized spacial score (nSPS) is 10.9. The number of Topliss-reactive ketones (excluding diaryl/α,β-unsaturated/α-hetero) is 1. The number of hydrogen-bond donors (Lipinski definition) is 0. The molecule has 0 aliphatic heterocycles. The molecule has 0 aromatic heterocycles. The fourth-order valence-electron chi connectivity index (χ4n) is 2.60. The van der Waals surface area contributed by atoms with Gasteiger partial charge in [0.15, 0.2) is 5.78 Å². The maximum absolute atomic E-state index is 12.6. The van der Waals surface area contributed by atoms with Crippen molar-refractivity contribution in [1.82, 2.24) is 4.90 Å². The maximum Gasteiger partial charge on any atom is 0.177 e. The molecule has 0 heterocycles. The Morgan fingerprint density at radius 2 is 1.80 bits per heavy atom. The van der Waals surface area contributed by atoms with Gasteiger partial charge in [-0.1, -0.05) is 17.7 Å². The van der Waals surface area contributed by atoms with Crippen LogP contribution in [0.15, 0.2) is 12.1 Å². The van der Waals surface area contributed by atoms with E-state index in [4.69, 9.17) is 5.26 Å². The largest absolute Gasteiger partial charge is 0.293 e. The zero-order chi connectivity index (χ0) is 15.3. The lowest BCUT2D eigenvalue weighted by Gasteiger charge is -2.25. The minimum Gasteiger partial charge on any atom is -0.293 e. The predicted octanol–water partition coefficient (Wildman–Crippen LogP) is 3.42. The second kappa shape index (κ2) is 7.21. The lowest BCUT2D eigenvalue weighted by atomic mass is 9.96. The van der Waals surface area contributed by atoms with Gasteiger partial charge in [-0.2, -0.15) is 5.26 Å². The average Bonchev–Trinajstić information content (AvgIpc) is 2.32. The van der Waals surface area contributed by atoms with Crippen molar-refractivity contribution in [3.63, 3.8) is 0 Å². The van der Waals surface area contributed by atoms with Crippen LogP contribution in [-0.4, -0.2) is 29.8 Å². The molecule has 0 spiro atoms. The summed E-state index contributed by atoms with van der Waals surface area (Å²) < 4.78 is 0. The minimum absolute atomic E-state index is 0.145. The molecule has 3 nitrogen and oxygen atoms in total. The highest BCUT2D eigenvalue weighted by molar-refractivity contribution is 6.00. The Bertz CT molecular complexity index is 503. The summed E-state index contributed by atoms with van der Waals surface area (Å²) in [5.74, 6) is 0.145. The molecule has 0 saturated heterocycles. The van der Waals surface area contributed by atoms with E-state index < -0.39 is 0 Å². The fraction of sp³-hybridized carbons (Fsp3) is 0.529. The quantitative estimate of drug-likeness (QED) is 0.745. The van der Waals surface area contributed by atoms with E-state index in [1.807, 2.05) is 20.8 Å². The second-order valence-electron chi connectivity index (χ2n) is 5.67. The second-order valence-corrected chi connectivity index (χ2v) is 5.67. The molecule has 1 aromatic carbocycles. The molecule has 108 valence electrons. The summed E-state index contributed by atoms with van der Waals surface area (Å²) in [5.41, 5.74) is 4.09. The first-order valence-electron chi connectivity index (χ1n) is 7.08. The molecule has 0 amide bonds. The summed E-state index contributed by atoms with van der Waals surface area (Å²) in [6.07, 6.45) is 0.456. The van der Waals surface area contributed by atoms with Gasteiger partial charge in [-0.25, -0.2) is 0 Å². The molecule has 1 rings (SSSR count). The van der Waals surface area contributed by atoms with E-state index in [9.17, 15) is 4.79 Å². The van der Waals surface area contributed by atoms with Gasteiger partial charge in [0.2, 0.25) is 0 Å². The lowest BCUT2D eigenvalue weighted by Crippen LogP contribution is -2.36. The molecule has 0 atom stereocenters. The fourth-order valence-corrected chi connectivity index (χ4v) is 2.60. The van der Waals surface area contributed by atoms with Gasteiger partial charge >= 0.3 is 0 Å². The van der Waals surface area contributed by atoms with Crippen LogP contribution in [0.2, 0.25) is 0 Å². The number of hydrogen-bond acceptors (Lipinski definition) is 3. The van der Waals surface area contributed by atoms with Crippen molar-refractivity contribution < 1.29 is 4.79 Å². The number of nitriles is 1. The molecule has 0 aliphatic carbocycles. The van der Waals surface area contributed by atoms with Crippen LogP contribution in [0.4, 0.5) is 0 Å². The SMILES string of the molecule is Cc1cc(C)c(C(=O)CN(CCC#N)C(C)C)c(C)c1. The topological polar surface area (TPSA) is 44.1 Å². The van der Waals surface area contributed by atoms with Crippen LogP contribution in [0.25, 0.3) is 0 Å². The number of nitrogens with zero attached hydrogens (tertiary/aromatic N) is 2. The Kier molecular flexibility index (Phi) is 5.91. The van der Waals surface area contributed by atoms with Crippen molar-refractivity contribution in [3.05, 3.63) is 34.4 Å². The lowest BCUT2D eigenvalue weighted by molar-refractivity contribution is 0.0907. The van der Waals surface area contributed by atoms with E-state index in [2.05, 4.69) is 36.9 Å². The van der Waals surface area contributed by atoms with Crippen molar-refractivity contribution in [2.45, 2.75) is 47.1 Å². The monoisotopic (exact) mass is 272 g/mol. The van der Waals surface area contributed by atoms with Gasteiger partial charge < -0.3 is 0 Å². The Morgan fingerprint density at radius 3 is 2.25 bits per heavy atom. The van der Waals surface area contributed by atoms with Crippen LogP contribution in [0.5, 0.6) is 0 Å². The summed E-state index contributed by atoms with van der Waals surface area (Å²) in [6.45, 7) is 11.2. The van der Waals surface area contributed by atoms with Crippen LogP contribution in [-0.2, 0) is 0 Å².